The van der Waals surface area contributed by atoms with Crippen molar-refractivity contribution in [1.29, 1.82) is 0 Å². The maximum absolute atomic E-state index is 12.4. The number of rotatable bonds is 3. The predicted molar refractivity (Wildman–Crippen MR) is 94.9 cm³/mol. The van der Waals surface area contributed by atoms with Crippen molar-refractivity contribution in [1.82, 2.24) is 10.2 Å². The van der Waals surface area contributed by atoms with Gasteiger partial charge in [-0.05, 0) is 50.0 Å². The van der Waals surface area contributed by atoms with E-state index in [1.54, 1.807) is 11.3 Å². The highest BCUT2D eigenvalue weighted by atomic mass is 32.1. The number of hydrogen-bond donors (Lipinski definition) is 1. The molecule has 1 aliphatic carbocycles. The molecule has 2 aliphatic heterocycles. The number of hydrogen-bond acceptors (Lipinski definition) is 3. The normalized spacial score (nSPS) is 32.6. The molecule has 3 fully saturated rings. The van der Waals surface area contributed by atoms with Gasteiger partial charge < -0.3 is 5.32 Å². The van der Waals surface area contributed by atoms with Crippen molar-refractivity contribution < 1.29 is 4.79 Å². The molecule has 2 saturated heterocycles. The molecule has 3 atom stereocenters. The number of carbonyl (C=O) groups excluding carboxylic acids is 1. The van der Waals surface area contributed by atoms with E-state index >= 15 is 0 Å². The summed E-state index contributed by atoms with van der Waals surface area (Å²) in [7, 11) is 0. The Labute approximate surface area is 143 Å². The zero-order chi connectivity index (χ0) is 15.6. The van der Waals surface area contributed by atoms with Gasteiger partial charge in [0.15, 0.2) is 0 Å². The first-order valence-electron chi connectivity index (χ1n) is 9.43. The van der Waals surface area contributed by atoms with Gasteiger partial charge in [0.05, 0.1) is 4.88 Å². The third kappa shape index (κ3) is 3.34. The molecule has 2 bridgehead atoms. The Bertz CT molecular complexity index is 509. The fourth-order valence-corrected chi connectivity index (χ4v) is 5.80. The van der Waals surface area contributed by atoms with E-state index in [0.717, 1.165) is 23.8 Å². The summed E-state index contributed by atoms with van der Waals surface area (Å²) in [6.45, 7) is 0. The summed E-state index contributed by atoms with van der Waals surface area (Å²) < 4.78 is 0. The van der Waals surface area contributed by atoms with E-state index in [1.807, 2.05) is 17.5 Å². The summed E-state index contributed by atoms with van der Waals surface area (Å²) in [5.74, 6) is 0.134. The topological polar surface area (TPSA) is 32.3 Å². The third-order valence-corrected chi connectivity index (χ3v) is 6.98. The first kappa shape index (κ1) is 15.6. The molecule has 3 aliphatic rings. The van der Waals surface area contributed by atoms with Crippen LogP contribution in [0.3, 0.4) is 0 Å². The maximum atomic E-state index is 12.4. The Morgan fingerprint density at radius 2 is 1.70 bits per heavy atom. The highest BCUT2D eigenvalue weighted by Gasteiger charge is 2.42. The van der Waals surface area contributed by atoms with Crippen LogP contribution < -0.4 is 5.32 Å². The zero-order valence-corrected chi connectivity index (χ0v) is 14.7. The van der Waals surface area contributed by atoms with Gasteiger partial charge in [0.2, 0.25) is 0 Å². The molecule has 1 N–H and O–H groups in total. The quantitative estimate of drug-likeness (QED) is 0.900. The van der Waals surface area contributed by atoms with Crippen molar-refractivity contribution in [3.8, 4) is 0 Å². The smallest absolute Gasteiger partial charge is 0.261 e. The van der Waals surface area contributed by atoms with E-state index in [9.17, 15) is 4.79 Å². The standard InChI is InChI=1S/C19H28N2OS/c22-19(18-10-5-11-23-18)20-14-12-16-8-4-9-17(13-14)21(16)15-6-2-1-3-7-15/h5,10-11,14-17H,1-4,6-9,12-13H2,(H,20,22)/t14?,16-,17+. The number of carbonyl (C=O) groups is 1. The molecule has 3 heterocycles. The van der Waals surface area contributed by atoms with E-state index < -0.39 is 0 Å². The van der Waals surface area contributed by atoms with Gasteiger partial charge in [-0.3, -0.25) is 9.69 Å². The molecule has 23 heavy (non-hydrogen) atoms. The number of fused-ring (bicyclic) bond motifs is 2. The monoisotopic (exact) mass is 332 g/mol. The summed E-state index contributed by atoms with van der Waals surface area (Å²) in [5.41, 5.74) is 0. The van der Waals surface area contributed by atoms with Gasteiger partial charge in [0.1, 0.15) is 0 Å². The molecule has 4 rings (SSSR count). The Morgan fingerprint density at radius 3 is 2.35 bits per heavy atom. The van der Waals surface area contributed by atoms with Crippen LogP contribution in [0.2, 0.25) is 0 Å². The fourth-order valence-electron chi connectivity index (χ4n) is 5.18. The first-order valence-corrected chi connectivity index (χ1v) is 10.3. The molecule has 1 saturated carbocycles. The van der Waals surface area contributed by atoms with Gasteiger partial charge in [-0.2, -0.15) is 0 Å². The molecular weight excluding hydrogens is 304 g/mol. The Balaban J connectivity index is 1.41. The van der Waals surface area contributed by atoms with Crippen molar-refractivity contribution in [2.24, 2.45) is 0 Å². The van der Waals surface area contributed by atoms with Crippen molar-refractivity contribution in [2.75, 3.05) is 0 Å². The zero-order valence-electron chi connectivity index (χ0n) is 13.9. The summed E-state index contributed by atoms with van der Waals surface area (Å²) in [6.07, 6.45) is 13.4. The molecule has 0 aromatic carbocycles. The molecule has 0 radical (unpaired) electrons. The molecule has 1 unspecified atom stereocenters. The third-order valence-electron chi connectivity index (χ3n) is 6.11. The lowest BCUT2D eigenvalue weighted by atomic mass is 9.78. The second-order valence-corrected chi connectivity index (χ2v) is 8.54. The number of nitrogens with one attached hydrogen (secondary N) is 1. The van der Waals surface area contributed by atoms with E-state index in [2.05, 4.69) is 10.2 Å². The average Bonchev–Trinajstić information content (AvgIpc) is 3.09. The minimum atomic E-state index is 0.134. The SMILES string of the molecule is O=C(NC1C[C@H]2CCC[C@@H](C1)N2C1CCCCC1)c1cccs1. The Hall–Kier alpha value is -0.870. The van der Waals surface area contributed by atoms with Gasteiger partial charge >= 0.3 is 0 Å². The molecule has 3 nitrogen and oxygen atoms in total. The Kier molecular flexibility index (Phi) is 4.72. The second kappa shape index (κ2) is 6.94. The van der Waals surface area contributed by atoms with E-state index in [0.29, 0.717) is 18.1 Å². The number of thiophene rings is 1. The molecule has 1 aromatic heterocycles. The lowest BCUT2D eigenvalue weighted by Gasteiger charge is -2.53. The van der Waals surface area contributed by atoms with Crippen LogP contribution in [-0.4, -0.2) is 35.0 Å². The van der Waals surface area contributed by atoms with Crippen LogP contribution >= 0.6 is 11.3 Å². The molecule has 0 spiro atoms. The van der Waals surface area contributed by atoms with Gasteiger partial charge in [0.25, 0.3) is 5.91 Å². The van der Waals surface area contributed by atoms with Gasteiger partial charge in [-0.1, -0.05) is 31.7 Å². The largest absolute Gasteiger partial charge is 0.348 e. The van der Waals surface area contributed by atoms with Gasteiger partial charge in [-0.25, -0.2) is 0 Å². The maximum Gasteiger partial charge on any atom is 0.261 e. The number of nitrogens with zero attached hydrogens (tertiary/aromatic N) is 1. The number of piperidine rings is 2. The first-order chi connectivity index (χ1) is 11.3. The van der Waals surface area contributed by atoms with E-state index in [-0.39, 0.29) is 5.91 Å². The van der Waals surface area contributed by atoms with Gasteiger partial charge in [0, 0.05) is 24.2 Å². The van der Waals surface area contributed by atoms with Crippen molar-refractivity contribution in [2.45, 2.75) is 88.4 Å². The molecule has 1 amide bonds. The van der Waals surface area contributed by atoms with Crippen LogP contribution in [0.15, 0.2) is 17.5 Å². The number of amides is 1. The molecule has 4 heteroatoms. The highest BCUT2D eigenvalue weighted by molar-refractivity contribution is 7.12. The lowest BCUT2D eigenvalue weighted by Crippen LogP contribution is -2.60. The van der Waals surface area contributed by atoms with Crippen molar-refractivity contribution in [3.63, 3.8) is 0 Å². The fraction of sp³-hybridized carbons (Fsp3) is 0.737. The summed E-state index contributed by atoms with van der Waals surface area (Å²) in [5, 5.41) is 5.30. The Morgan fingerprint density at radius 1 is 1.00 bits per heavy atom. The minimum Gasteiger partial charge on any atom is -0.348 e. The van der Waals surface area contributed by atoms with Crippen LogP contribution in [0.5, 0.6) is 0 Å². The van der Waals surface area contributed by atoms with Crippen LogP contribution in [0, 0.1) is 0 Å². The summed E-state index contributed by atoms with van der Waals surface area (Å²) in [4.78, 5) is 16.1. The summed E-state index contributed by atoms with van der Waals surface area (Å²) in [6, 6.07) is 6.50. The van der Waals surface area contributed by atoms with Crippen LogP contribution in [-0.2, 0) is 0 Å². The minimum absolute atomic E-state index is 0.134. The van der Waals surface area contributed by atoms with Gasteiger partial charge in [-0.15, -0.1) is 11.3 Å². The molecular formula is C19H28N2OS. The van der Waals surface area contributed by atoms with Crippen molar-refractivity contribution in [3.05, 3.63) is 22.4 Å². The van der Waals surface area contributed by atoms with Crippen LogP contribution in [0.1, 0.15) is 73.9 Å². The summed E-state index contributed by atoms with van der Waals surface area (Å²) >= 11 is 1.54. The van der Waals surface area contributed by atoms with E-state index in [4.69, 9.17) is 0 Å². The predicted octanol–water partition coefficient (Wildman–Crippen LogP) is 4.20. The van der Waals surface area contributed by atoms with E-state index in [1.165, 1.54) is 51.4 Å². The molecule has 126 valence electrons. The second-order valence-electron chi connectivity index (χ2n) is 7.60. The average molecular weight is 333 g/mol. The molecule has 1 aromatic rings. The van der Waals surface area contributed by atoms with Crippen molar-refractivity contribution >= 4 is 17.2 Å². The highest BCUT2D eigenvalue weighted by Crippen LogP contribution is 2.39. The van der Waals surface area contributed by atoms with Crippen LogP contribution in [0.25, 0.3) is 0 Å². The lowest BCUT2D eigenvalue weighted by molar-refractivity contribution is -0.0211. The van der Waals surface area contributed by atoms with Crippen LogP contribution in [0.4, 0.5) is 0 Å².